The van der Waals surface area contributed by atoms with Crippen molar-refractivity contribution in [2.45, 2.75) is 16.7 Å². The summed E-state index contributed by atoms with van der Waals surface area (Å²) in [6.45, 7) is 0.622. The first kappa shape index (κ1) is 30.0. The summed E-state index contributed by atoms with van der Waals surface area (Å²) in [6, 6.07) is 27.9. The van der Waals surface area contributed by atoms with Gasteiger partial charge in [-0.2, -0.15) is 0 Å². The largest absolute Gasteiger partial charge is 0.497 e. The summed E-state index contributed by atoms with van der Waals surface area (Å²) in [7, 11) is -1.01. The number of hydrogen-bond acceptors (Lipinski definition) is 7. The Bertz CT molecular complexity index is 1700. The van der Waals surface area contributed by atoms with Crippen LogP contribution in [0.15, 0.2) is 102 Å². The molecule has 0 unspecified atom stereocenters. The van der Waals surface area contributed by atoms with Crippen molar-refractivity contribution in [3.8, 4) is 11.5 Å². The molecule has 0 radical (unpaired) electrons. The molecule has 5 rings (SSSR count). The lowest BCUT2D eigenvalue weighted by Crippen LogP contribution is -2.30. The maximum Gasteiger partial charge on any atom is 0.262 e. The number of rotatable bonds is 11. The quantitative estimate of drug-likeness (QED) is 0.226. The maximum atomic E-state index is 13.0. The summed E-state index contributed by atoms with van der Waals surface area (Å²) in [6.07, 6.45) is 0.773. The molecule has 2 amide bonds. The average Bonchev–Trinajstić information content (AvgIpc) is 3.40. The Morgan fingerprint density at radius 2 is 1.65 bits per heavy atom. The number of amides is 2. The van der Waals surface area contributed by atoms with Crippen LogP contribution in [-0.2, 0) is 21.2 Å². The Labute approximate surface area is 255 Å². The van der Waals surface area contributed by atoms with Gasteiger partial charge in [-0.25, -0.2) is 8.42 Å². The van der Waals surface area contributed by atoms with Gasteiger partial charge in [0, 0.05) is 23.9 Å². The Morgan fingerprint density at radius 1 is 0.930 bits per heavy atom. The third-order valence-electron chi connectivity index (χ3n) is 6.98. The summed E-state index contributed by atoms with van der Waals surface area (Å²) < 4.78 is 39.0. The van der Waals surface area contributed by atoms with Crippen molar-refractivity contribution >= 4 is 45.0 Å². The van der Waals surface area contributed by atoms with E-state index in [9.17, 15) is 18.0 Å². The number of thioether (sulfide) groups is 1. The Kier molecular flexibility index (Phi) is 9.22. The second-order valence-corrected chi connectivity index (χ2v) is 12.5. The molecule has 4 aromatic carbocycles. The number of carbonyl (C=O) groups excluding carboxylic acids is 2. The highest BCUT2D eigenvalue weighted by molar-refractivity contribution is 8.00. The van der Waals surface area contributed by atoms with Crippen LogP contribution in [0.25, 0.3) is 0 Å². The fourth-order valence-corrected chi connectivity index (χ4v) is 6.96. The molecule has 0 saturated carbocycles. The fraction of sp³-hybridized carbons (Fsp3) is 0.188. The molecular weight excluding hydrogens is 587 g/mol. The zero-order chi connectivity index (χ0) is 30.4. The van der Waals surface area contributed by atoms with E-state index in [1.165, 1.54) is 50.1 Å². The molecule has 0 bridgehead atoms. The smallest absolute Gasteiger partial charge is 0.262 e. The lowest BCUT2D eigenvalue weighted by Gasteiger charge is -2.24. The summed E-state index contributed by atoms with van der Waals surface area (Å²) >= 11 is 1.58. The average molecular weight is 618 g/mol. The second kappa shape index (κ2) is 13.2. The van der Waals surface area contributed by atoms with Crippen LogP contribution in [0.5, 0.6) is 11.5 Å². The molecule has 1 aliphatic rings. The molecule has 11 heteroatoms. The highest BCUT2D eigenvalue weighted by atomic mass is 32.2. The van der Waals surface area contributed by atoms with Crippen LogP contribution < -0.4 is 19.5 Å². The predicted molar refractivity (Wildman–Crippen MR) is 168 cm³/mol. The maximum absolute atomic E-state index is 13.0. The van der Waals surface area contributed by atoms with Crippen LogP contribution in [0.2, 0.25) is 0 Å². The molecule has 1 aliphatic heterocycles. The van der Waals surface area contributed by atoms with Crippen molar-refractivity contribution in [3.63, 3.8) is 0 Å². The summed E-state index contributed by atoms with van der Waals surface area (Å²) in [5.74, 6) is 1.02. The van der Waals surface area contributed by atoms with Crippen molar-refractivity contribution < 1.29 is 27.5 Å². The van der Waals surface area contributed by atoms with Gasteiger partial charge >= 0.3 is 0 Å². The Balaban J connectivity index is 1.22. The van der Waals surface area contributed by atoms with Crippen LogP contribution >= 0.6 is 11.8 Å². The number of carbonyl (C=O) groups is 2. The van der Waals surface area contributed by atoms with Gasteiger partial charge in [0.1, 0.15) is 16.9 Å². The molecule has 0 aromatic heterocycles. The van der Waals surface area contributed by atoms with Gasteiger partial charge in [0.2, 0.25) is 5.91 Å². The van der Waals surface area contributed by atoms with Gasteiger partial charge in [-0.15, -0.1) is 11.8 Å². The normalized spacial score (nSPS) is 14.8. The molecule has 43 heavy (non-hydrogen) atoms. The van der Waals surface area contributed by atoms with E-state index >= 15 is 0 Å². The van der Waals surface area contributed by atoms with E-state index in [0.29, 0.717) is 35.0 Å². The van der Waals surface area contributed by atoms with E-state index in [1.807, 2.05) is 35.2 Å². The van der Waals surface area contributed by atoms with Gasteiger partial charge in [-0.05, 0) is 66.1 Å². The van der Waals surface area contributed by atoms with E-state index in [2.05, 4.69) is 22.2 Å². The van der Waals surface area contributed by atoms with Crippen molar-refractivity contribution in [2.24, 2.45) is 0 Å². The van der Waals surface area contributed by atoms with E-state index in [1.54, 1.807) is 36.0 Å². The molecule has 4 aromatic rings. The van der Waals surface area contributed by atoms with Crippen molar-refractivity contribution in [1.29, 1.82) is 0 Å². The molecule has 0 spiro atoms. The van der Waals surface area contributed by atoms with E-state index in [4.69, 9.17) is 9.47 Å². The summed E-state index contributed by atoms with van der Waals surface area (Å²) in [5.41, 5.74) is 3.25. The highest BCUT2D eigenvalue weighted by Crippen LogP contribution is 2.38. The third kappa shape index (κ3) is 7.12. The zero-order valence-electron chi connectivity index (χ0n) is 23.6. The molecule has 2 N–H and O–H groups in total. The number of anilines is 2. The minimum Gasteiger partial charge on any atom is -0.497 e. The number of ether oxygens (including phenoxy) is 2. The van der Waals surface area contributed by atoms with Crippen LogP contribution in [-0.4, -0.2) is 51.6 Å². The molecule has 1 atom stereocenters. The fourth-order valence-electron chi connectivity index (χ4n) is 4.68. The Hall–Kier alpha value is -4.48. The lowest BCUT2D eigenvalue weighted by atomic mass is 10.1. The third-order valence-corrected chi connectivity index (χ3v) is 9.62. The minimum atomic E-state index is -3.94. The molecule has 0 aliphatic carbocycles. The Morgan fingerprint density at radius 3 is 2.33 bits per heavy atom. The highest BCUT2D eigenvalue weighted by Gasteiger charge is 2.32. The van der Waals surface area contributed by atoms with Gasteiger partial charge in [0.05, 0.1) is 30.6 Å². The van der Waals surface area contributed by atoms with Gasteiger partial charge in [0.15, 0.2) is 0 Å². The first-order valence-corrected chi connectivity index (χ1v) is 16.0. The van der Waals surface area contributed by atoms with Gasteiger partial charge in [-0.3, -0.25) is 14.3 Å². The molecule has 1 heterocycles. The SMILES string of the molecule is COc1ccc(OC)c(NS(=O)(=O)c2ccc(NC(=O)c3ccc([C@@H]4SCC(=O)N4CCc4ccccc4)cc3)cc2)c1. The minimum absolute atomic E-state index is 0.0140. The number of nitrogens with zero attached hydrogens (tertiary/aromatic N) is 1. The molecule has 222 valence electrons. The van der Waals surface area contributed by atoms with Crippen molar-refractivity contribution in [1.82, 2.24) is 4.90 Å². The lowest BCUT2D eigenvalue weighted by molar-refractivity contribution is -0.128. The van der Waals surface area contributed by atoms with E-state index in [0.717, 1.165) is 12.0 Å². The van der Waals surface area contributed by atoms with Crippen LogP contribution in [0.4, 0.5) is 11.4 Å². The monoisotopic (exact) mass is 617 g/mol. The number of methoxy groups -OCH3 is 2. The molecule has 9 nitrogen and oxygen atoms in total. The zero-order valence-corrected chi connectivity index (χ0v) is 25.3. The predicted octanol–water partition coefficient (Wildman–Crippen LogP) is 5.57. The summed E-state index contributed by atoms with van der Waals surface area (Å²) in [5, 5.41) is 2.70. The summed E-state index contributed by atoms with van der Waals surface area (Å²) in [4.78, 5) is 27.4. The van der Waals surface area contributed by atoms with Crippen LogP contribution in [0.3, 0.4) is 0 Å². The number of benzene rings is 4. The number of hydrogen-bond donors (Lipinski definition) is 2. The van der Waals surface area contributed by atoms with Crippen molar-refractivity contribution in [3.05, 3.63) is 114 Å². The topological polar surface area (TPSA) is 114 Å². The van der Waals surface area contributed by atoms with Gasteiger partial charge < -0.3 is 19.7 Å². The second-order valence-electron chi connectivity index (χ2n) is 9.76. The molecule has 1 fully saturated rings. The van der Waals surface area contributed by atoms with Crippen LogP contribution in [0, 0.1) is 0 Å². The van der Waals surface area contributed by atoms with Gasteiger partial charge in [-0.1, -0.05) is 42.5 Å². The molecular formula is C32H31N3O6S2. The molecule has 1 saturated heterocycles. The van der Waals surface area contributed by atoms with Gasteiger partial charge in [0.25, 0.3) is 15.9 Å². The number of nitrogens with one attached hydrogen (secondary N) is 2. The van der Waals surface area contributed by atoms with Crippen molar-refractivity contribution in [2.75, 3.05) is 36.6 Å². The van der Waals surface area contributed by atoms with E-state index < -0.39 is 10.0 Å². The standard InChI is InChI=1S/C32H31N3O6S2/c1-40-26-14-17-29(41-2)28(20-26)34-43(38,39)27-15-12-25(13-16-27)33-31(37)23-8-10-24(11-9-23)32-35(30(36)21-42-32)19-18-22-6-4-3-5-7-22/h3-17,20,32,34H,18-19,21H2,1-2H3,(H,33,37)/t32-/m0/s1. The van der Waals surface area contributed by atoms with E-state index in [-0.39, 0.29) is 27.8 Å². The van der Waals surface area contributed by atoms with Crippen LogP contribution in [0.1, 0.15) is 26.9 Å². The number of sulfonamides is 1. The first-order valence-electron chi connectivity index (χ1n) is 13.5. The first-order chi connectivity index (χ1) is 20.8.